The Kier molecular flexibility index (Phi) is 4.57. The average Bonchev–Trinajstić information content (AvgIpc) is 2.43. The number of ether oxygens (including phenoxy) is 1. The number of hydrogen-bond donors (Lipinski definition) is 2. The Labute approximate surface area is 124 Å². The van der Waals surface area contributed by atoms with Crippen molar-refractivity contribution >= 4 is 33.3 Å². The van der Waals surface area contributed by atoms with Crippen molar-refractivity contribution in [2.75, 3.05) is 17.7 Å². The lowest BCUT2D eigenvalue weighted by atomic mass is 10.3. The quantitative estimate of drug-likeness (QED) is 0.879. The minimum Gasteiger partial charge on any atom is -0.497 e. The van der Waals surface area contributed by atoms with E-state index in [0.717, 1.165) is 0 Å². The van der Waals surface area contributed by atoms with Crippen molar-refractivity contribution in [3.8, 4) is 5.75 Å². The van der Waals surface area contributed by atoms with Crippen molar-refractivity contribution in [1.82, 2.24) is 0 Å². The number of urea groups is 1. The number of methoxy groups -OCH3 is 1. The number of anilines is 2. The zero-order valence-corrected chi connectivity index (χ0v) is 12.2. The summed E-state index contributed by atoms with van der Waals surface area (Å²) in [6.07, 6.45) is 0. The Morgan fingerprint density at radius 1 is 1.15 bits per heavy atom. The Morgan fingerprint density at radius 2 is 1.85 bits per heavy atom. The highest BCUT2D eigenvalue weighted by molar-refractivity contribution is 9.10. The van der Waals surface area contributed by atoms with Crippen molar-refractivity contribution < 1.29 is 13.9 Å². The molecule has 0 saturated heterocycles. The monoisotopic (exact) mass is 338 g/mol. The normalized spacial score (nSPS) is 9.95. The summed E-state index contributed by atoms with van der Waals surface area (Å²) in [5.74, 6) is 0.180. The number of amides is 2. The second-order valence-corrected chi connectivity index (χ2v) is 4.85. The van der Waals surface area contributed by atoms with Crippen LogP contribution in [0.2, 0.25) is 0 Å². The van der Waals surface area contributed by atoms with Crippen molar-refractivity contribution in [3.63, 3.8) is 0 Å². The van der Waals surface area contributed by atoms with E-state index < -0.39 is 11.8 Å². The van der Waals surface area contributed by atoms with Crippen LogP contribution in [0.15, 0.2) is 46.9 Å². The highest BCUT2D eigenvalue weighted by Gasteiger charge is 2.07. The maximum atomic E-state index is 13.6. The number of benzene rings is 2. The van der Waals surface area contributed by atoms with E-state index in [1.807, 2.05) is 0 Å². The topological polar surface area (TPSA) is 50.4 Å². The van der Waals surface area contributed by atoms with Crippen LogP contribution < -0.4 is 15.4 Å². The first-order valence-electron chi connectivity index (χ1n) is 5.75. The Morgan fingerprint density at radius 3 is 2.45 bits per heavy atom. The minimum atomic E-state index is -0.517. The molecule has 20 heavy (non-hydrogen) atoms. The van der Waals surface area contributed by atoms with E-state index in [9.17, 15) is 9.18 Å². The smallest absolute Gasteiger partial charge is 0.323 e. The van der Waals surface area contributed by atoms with Gasteiger partial charge >= 0.3 is 6.03 Å². The van der Waals surface area contributed by atoms with Crippen LogP contribution in [0.25, 0.3) is 0 Å². The van der Waals surface area contributed by atoms with Crippen LogP contribution in [-0.2, 0) is 0 Å². The molecule has 2 amide bonds. The molecule has 0 radical (unpaired) electrons. The molecular formula is C14H12BrFN2O2. The average molecular weight is 339 g/mol. The second-order valence-electron chi connectivity index (χ2n) is 3.93. The standard InChI is InChI=1S/C14H12BrFN2O2/c1-20-11-5-3-10(4-6-11)17-14(19)18-13-7-2-9(15)8-12(13)16/h2-8H,1H3,(H2,17,18,19). The van der Waals surface area contributed by atoms with E-state index >= 15 is 0 Å². The predicted molar refractivity (Wildman–Crippen MR) is 79.7 cm³/mol. The Bertz CT molecular complexity index is 617. The molecule has 6 heteroatoms. The van der Waals surface area contributed by atoms with Crippen molar-refractivity contribution in [1.29, 1.82) is 0 Å². The lowest BCUT2D eigenvalue weighted by Crippen LogP contribution is -2.20. The van der Waals surface area contributed by atoms with Crippen LogP contribution in [0.1, 0.15) is 0 Å². The third-order valence-corrected chi connectivity index (χ3v) is 3.02. The summed E-state index contributed by atoms with van der Waals surface area (Å²) in [4.78, 5) is 11.7. The van der Waals surface area contributed by atoms with Crippen LogP contribution in [0.4, 0.5) is 20.6 Å². The lowest BCUT2D eigenvalue weighted by Gasteiger charge is -2.09. The molecule has 0 heterocycles. The lowest BCUT2D eigenvalue weighted by molar-refractivity contribution is 0.262. The molecule has 0 aliphatic rings. The molecule has 0 saturated carbocycles. The zero-order chi connectivity index (χ0) is 14.5. The number of hydrogen-bond acceptors (Lipinski definition) is 2. The summed E-state index contributed by atoms with van der Waals surface area (Å²) in [6, 6.07) is 10.7. The summed E-state index contributed by atoms with van der Waals surface area (Å²) in [6.45, 7) is 0. The summed E-state index contributed by atoms with van der Waals surface area (Å²) >= 11 is 3.15. The molecule has 4 nitrogen and oxygen atoms in total. The first-order chi connectivity index (χ1) is 9.58. The van der Waals surface area contributed by atoms with Gasteiger partial charge in [0.05, 0.1) is 12.8 Å². The van der Waals surface area contributed by atoms with E-state index in [1.165, 1.54) is 12.1 Å². The fourth-order valence-corrected chi connectivity index (χ4v) is 1.88. The summed E-state index contributed by atoms with van der Waals surface area (Å²) < 4.78 is 19.2. The van der Waals surface area contributed by atoms with Crippen molar-refractivity contribution in [3.05, 3.63) is 52.8 Å². The van der Waals surface area contributed by atoms with Gasteiger partial charge in [0, 0.05) is 10.2 Å². The van der Waals surface area contributed by atoms with Gasteiger partial charge in [0.25, 0.3) is 0 Å². The van der Waals surface area contributed by atoms with E-state index in [2.05, 4.69) is 26.6 Å². The van der Waals surface area contributed by atoms with Crippen molar-refractivity contribution in [2.24, 2.45) is 0 Å². The van der Waals surface area contributed by atoms with Crippen LogP contribution in [0.3, 0.4) is 0 Å². The first kappa shape index (κ1) is 14.3. The van der Waals surface area contributed by atoms with Crippen LogP contribution in [-0.4, -0.2) is 13.1 Å². The SMILES string of the molecule is COc1ccc(NC(=O)Nc2ccc(Br)cc2F)cc1. The molecule has 0 fully saturated rings. The van der Waals surface area contributed by atoms with Gasteiger partial charge in [-0.1, -0.05) is 15.9 Å². The number of nitrogens with one attached hydrogen (secondary N) is 2. The van der Waals surface area contributed by atoms with Gasteiger partial charge in [-0.05, 0) is 42.5 Å². The molecule has 0 spiro atoms. The van der Waals surface area contributed by atoms with Crippen LogP contribution >= 0.6 is 15.9 Å². The predicted octanol–water partition coefficient (Wildman–Crippen LogP) is 4.24. The summed E-state index contributed by atoms with van der Waals surface area (Å²) in [7, 11) is 1.56. The molecule has 0 bridgehead atoms. The first-order valence-corrected chi connectivity index (χ1v) is 6.55. The zero-order valence-electron chi connectivity index (χ0n) is 10.6. The maximum Gasteiger partial charge on any atom is 0.323 e. The fourth-order valence-electron chi connectivity index (χ4n) is 1.55. The minimum absolute atomic E-state index is 0.110. The highest BCUT2D eigenvalue weighted by Crippen LogP contribution is 2.20. The van der Waals surface area contributed by atoms with Gasteiger partial charge in [-0.15, -0.1) is 0 Å². The number of carbonyl (C=O) groups excluding carboxylic acids is 1. The molecule has 104 valence electrons. The summed E-state index contributed by atoms with van der Waals surface area (Å²) in [5, 5.41) is 5.04. The molecule has 2 aromatic carbocycles. The second kappa shape index (κ2) is 6.38. The van der Waals surface area contributed by atoms with Gasteiger partial charge in [-0.3, -0.25) is 0 Å². The third kappa shape index (κ3) is 3.71. The van der Waals surface area contributed by atoms with Gasteiger partial charge in [-0.2, -0.15) is 0 Å². The molecule has 0 unspecified atom stereocenters. The molecule has 0 atom stereocenters. The van der Waals surface area contributed by atoms with Gasteiger partial charge in [0.1, 0.15) is 11.6 Å². The van der Waals surface area contributed by atoms with Crippen molar-refractivity contribution in [2.45, 2.75) is 0 Å². The maximum absolute atomic E-state index is 13.6. The molecule has 0 aliphatic carbocycles. The number of carbonyl (C=O) groups is 1. The summed E-state index contributed by atoms with van der Waals surface area (Å²) in [5.41, 5.74) is 0.694. The van der Waals surface area contributed by atoms with Crippen LogP contribution in [0, 0.1) is 5.82 Å². The van der Waals surface area contributed by atoms with E-state index in [4.69, 9.17) is 4.74 Å². The van der Waals surface area contributed by atoms with E-state index in [0.29, 0.717) is 15.9 Å². The Balaban J connectivity index is 2.01. The molecule has 2 N–H and O–H groups in total. The van der Waals surface area contributed by atoms with Gasteiger partial charge in [0.15, 0.2) is 0 Å². The third-order valence-electron chi connectivity index (χ3n) is 2.53. The Hall–Kier alpha value is -2.08. The molecular weight excluding hydrogens is 327 g/mol. The number of rotatable bonds is 3. The highest BCUT2D eigenvalue weighted by atomic mass is 79.9. The number of halogens is 2. The van der Waals surface area contributed by atoms with Crippen LogP contribution in [0.5, 0.6) is 5.75 Å². The molecule has 0 aliphatic heterocycles. The molecule has 2 rings (SSSR count). The van der Waals surface area contributed by atoms with E-state index in [1.54, 1.807) is 37.4 Å². The van der Waals surface area contributed by atoms with Gasteiger partial charge in [-0.25, -0.2) is 9.18 Å². The fraction of sp³-hybridized carbons (Fsp3) is 0.0714. The van der Waals surface area contributed by atoms with Gasteiger partial charge in [0.2, 0.25) is 0 Å². The van der Waals surface area contributed by atoms with E-state index in [-0.39, 0.29) is 5.69 Å². The largest absolute Gasteiger partial charge is 0.497 e. The van der Waals surface area contributed by atoms with Gasteiger partial charge < -0.3 is 15.4 Å². The molecule has 0 aromatic heterocycles. The molecule has 2 aromatic rings.